The number of nitrogens with zero attached hydrogens (tertiary/aromatic N) is 1. The molecule has 5 N–H and O–H groups in total. The van der Waals surface area contributed by atoms with E-state index in [1.807, 2.05) is 13.1 Å². The van der Waals surface area contributed by atoms with Crippen molar-refractivity contribution in [2.45, 2.75) is 68.7 Å². The number of phenols is 1. The number of rotatable bonds is 2. The summed E-state index contributed by atoms with van der Waals surface area (Å²) in [6.45, 7) is 4.38. The monoisotopic (exact) mass is 418 g/mol. The molecule has 1 aromatic carbocycles. The third-order valence-electron chi connectivity index (χ3n) is 7.53. The van der Waals surface area contributed by atoms with Gasteiger partial charge in [0.05, 0.1) is 11.0 Å². The number of ether oxygens (including phenoxy) is 1. The Balaban J connectivity index is 0.000000235. The second-order valence-electron chi connectivity index (χ2n) is 9.37. The molecule has 2 aliphatic heterocycles. The van der Waals surface area contributed by atoms with Gasteiger partial charge < -0.3 is 30.7 Å². The minimum absolute atomic E-state index is 0.00319. The molecular formula is C22H30N2O6. The molecule has 8 nitrogen and oxygen atoms in total. The Morgan fingerprint density at radius 3 is 2.63 bits per heavy atom. The maximum absolute atomic E-state index is 12.5. The summed E-state index contributed by atoms with van der Waals surface area (Å²) in [6, 6.07) is 2.86. The molecule has 1 spiro atoms. The van der Waals surface area contributed by atoms with Crippen molar-refractivity contribution < 1.29 is 29.6 Å². The highest BCUT2D eigenvalue weighted by Crippen LogP contribution is 2.64. The molecule has 164 valence electrons. The number of carbonyl (C=O) groups is 2. The fourth-order valence-electron chi connectivity index (χ4n) is 5.82. The normalized spacial score (nSPS) is 34.5. The maximum Gasteiger partial charge on any atom is 0.320 e. The first-order valence-electron chi connectivity index (χ1n) is 10.5. The minimum atomic E-state index is -0.954. The predicted octanol–water partition coefficient (Wildman–Crippen LogP) is 0.799. The fraction of sp³-hybridized carbons (Fsp3) is 0.636. The Morgan fingerprint density at radius 2 is 2.03 bits per heavy atom. The number of carbonyl (C=O) groups excluding carboxylic acids is 1. The van der Waals surface area contributed by atoms with Crippen molar-refractivity contribution in [3.05, 3.63) is 23.3 Å². The van der Waals surface area contributed by atoms with Crippen molar-refractivity contribution in [2.24, 2.45) is 11.7 Å². The number of Topliss-reactive ketones (excluding diaryl/α,β-unsaturated/α-hetero) is 1. The van der Waals surface area contributed by atoms with E-state index in [0.29, 0.717) is 25.0 Å². The number of aromatic hydroxyl groups is 1. The van der Waals surface area contributed by atoms with Gasteiger partial charge in [-0.3, -0.25) is 9.59 Å². The molecule has 1 aromatic rings. The van der Waals surface area contributed by atoms with E-state index in [2.05, 4.69) is 4.90 Å². The molecule has 0 radical (unpaired) electrons. The van der Waals surface area contributed by atoms with E-state index in [1.165, 1.54) is 0 Å². The number of ketones is 1. The van der Waals surface area contributed by atoms with Gasteiger partial charge in [-0.1, -0.05) is 19.9 Å². The quantitative estimate of drug-likeness (QED) is 0.554. The lowest BCUT2D eigenvalue weighted by molar-refractivity contribution is -0.185. The number of likely N-dealkylation sites (N-methyl/N-ethyl adjacent to an activating group) is 1. The van der Waals surface area contributed by atoms with Crippen LogP contribution < -0.4 is 10.5 Å². The second kappa shape index (κ2) is 6.93. The average molecular weight is 418 g/mol. The summed E-state index contributed by atoms with van der Waals surface area (Å²) in [4.78, 5) is 24.8. The van der Waals surface area contributed by atoms with Crippen LogP contribution >= 0.6 is 0 Å². The van der Waals surface area contributed by atoms with Crippen molar-refractivity contribution in [1.29, 1.82) is 0 Å². The lowest BCUT2D eigenvalue weighted by Crippen LogP contribution is -2.76. The molecule has 1 unspecified atom stereocenters. The highest BCUT2D eigenvalue weighted by Gasteiger charge is 2.72. The number of phenolic OH excluding ortho intramolecular Hbond substituents is 1. The number of hydrogen-bond donors (Lipinski definition) is 4. The Morgan fingerprint density at radius 1 is 1.33 bits per heavy atom. The van der Waals surface area contributed by atoms with E-state index in [0.717, 1.165) is 24.1 Å². The highest BCUT2D eigenvalue weighted by atomic mass is 16.5. The summed E-state index contributed by atoms with van der Waals surface area (Å²) in [5.74, 6) is -0.349. The molecule has 0 aromatic heterocycles. The maximum atomic E-state index is 12.5. The van der Waals surface area contributed by atoms with Crippen LogP contribution in [-0.4, -0.2) is 69.4 Å². The van der Waals surface area contributed by atoms with E-state index in [4.69, 9.17) is 15.6 Å². The van der Waals surface area contributed by atoms with E-state index in [1.54, 1.807) is 19.9 Å². The third kappa shape index (κ3) is 2.63. The van der Waals surface area contributed by atoms with Crippen molar-refractivity contribution in [3.63, 3.8) is 0 Å². The minimum Gasteiger partial charge on any atom is -0.504 e. The fourth-order valence-corrected chi connectivity index (χ4v) is 5.82. The molecule has 5 rings (SSSR count). The van der Waals surface area contributed by atoms with E-state index < -0.39 is 29.1 Å². The molecule has 4 aliphatic rings. The SMILES string of the molecule is CC(C)C(N)C(=O)O.CN1CC[C@]23c4c5ccc(O)c4O[C@H]2C(=O)CC[C@@]3(O)[C@H]1C5. The van der Waals surface area contributed by atoms with Crippen LogP contribution in [-0.2, 0) is 21.4 Å². The topological polar surface area (TPSA) is 133 Å². The summed E-state index contributed by atoms with van der Waals surface area (Å²) < 4.78 is 5.94. The van der Waals surface area contributed by atoms with Crippen LogP contribution in [0.1, 0.15) is 44.2 Å². The third-order valence-corrected chi connectivity index (χ3v) is 7.53. The van der Waals surface area contributed by atoms with Crippen LogP contribution in [0.15, 0.2) is 12.1 Å². The summed E-state index contributed by atoms with van der Waals surface area (Å²) >= 11 is 0. The van der Waals surface area contributed by atoms with Crippen molar-refractivity contribution in [2.75, 3.05) is 13.6 Å². The van der Waals surface area contributed by atoms with Gasteiger partial charge in [-0.05, 0) is 50.4 Å². The number of benzene rings is 1. The first-order chi connectivity index (χ1) is 14.0. The summed E-state index contributed by atoms with van der Waals surface area (Å²) in [5, 5.41) is 30.1. The lowest BCUT2D eigenvalue weighted by atomic mass is 9.49. The van der Waals surface area contributed by atoms with Gasteiger partial charge in [0.2, 0.25) is 0 Å². The number of piperidine rings is 1. The van der Waals surface area contributed by atoms with Gasteiger partial charge in [0.1, 0.15) is 6.04 Å². The van der Waals surface area contributed by atoms with Crippen LogP contribution in [0.3, 0.4) is 0 Å². The molecule has 2 heterocycles. The molecule has 2 fully saturated rings. The van der Waals surface area contributed by atoms with Crippen molar-refractivity contribution >= 4 is 11.8 Å². The first kappa shape index (κ1) is 21.1. The molecular weight excluding hydrogens is 388 g/mol. The largest absolute Gasteiger partial charge is 0.504 e. The van der Waals surface area contributed by atoms with Crippen LogP contribution in [0.5, 0.6) is 11.5 Å². The summed E-state index contributed by atoms with van der Waals surface area (Å²) in [6.07, 6.45) is 1.61. The van der Waals surface area contributed by atoms with Gasteiger partial charge in [-0.2, -0.15) is 0 Å². The van der Waals surface area contributed by atoms with Crippen molar-refractivity contribution in [3.8, 4) is 11.5 Å². The van der Waals surface area contributed by atoms with Gasteiger partial charge in [0.15, 0.2) is 23.4 Å². The van der Waals surface area contributed by atoms with E-state index in [9.17, 15) is 19.8 Å². The van der Waals surface area contributed by atoms with Crippen LogP contribution in [0.4, 0.5) is 0 Å². The average Bonchev–Trinajstić information content (AvgIpc) is 3.05. The molecule has 0 amide bonds. The van der Waals surface area contributed by atoms with Crippen LogP contribution in [0.25, 0.3) is 0 Å². The number of aliphatic carboxylic acids is 1. The van der Waals surface area contributed by atoms with Gasteiger partial charge in [-0.15, -0.1) is 0 Å². The number of carboxylic acids is 1. The Bertz CT molecular complexity index is 902. The Hall–Kier alpha value is -2.16. The van der Waals surface area contributed by atoms with Gasteiger partial charge >= 0.3 is 5.97 Å². The lowest BCUT2D eigenvalue weighted by Gasteiger charge is -2.61. The van der Waals surface area contributed by atoms with Gasteiger partial charge in [0.25, 0.3) is 0 Å². The zero-order valence-corrected chi connectivity index (χ0v) is 17.6. The Labute approximate surface area is 175 Å². The number of hydrogen-bond acceptors (Lipinski definition) is 7. The molecule has 2 bridgehead atoms. The van der Waals surface area contributed by atoms with Gasteiger partial charge in [-0.25, -0.2) is 0 Å². The van der Waals surface area contributed by atoms with Crippen LogP contribution in [0, 0.1) is 5.92 Å². The molecule has 2 aliphatic carbocycles. The molecule has 8 heteroatoms. The van der Waals surface area contributed by atoms with Gasteiger partial charge in [0, 0.05) is 18.0 Å². The zero-order chi connectivity index (χ0) is 22.0. The first-order valence-corrected chi connectivity index (χ1v) is 10.5. The number of nitrogens with two attached hydrogens (primary N) is 1. The number of aliphatic hydroxyl groups is 1. The summed E-state index contributed by atoms with van der Waals surface area (Å²) in [5.41, 5.74) is 5.53. The van der Waals surface area contributed by atoms with E-state index >= 15 is 0 Å². The molecule has 5 atom stereocenters. The Kier molecular flexibility index (Phi) is 4.87. The van der Waals surface area contributed by atoms with Crippen molar-refractivity contribution in [1.82, 2.24) is 4.90 Å². The molecule has 30 heavy (non-hydrogen) atoms. The van der Waals surface area contributed by atoms with E-state index in [-0.39, 0.29) is 23.5 Å². The highest BCUT2D eigenvalue weighted by molar-refractivity contribution is 5.90. The molecule has 1 saturated carbocycles. The standard InChI is InChI=1S/C17H19NO4.C5H11NO2/c1-18-7-6-16-13-9-2-3-10(19)14(13)22-15(16)11(20)4-5-17(16,21)12(18)8-9;1-3(2)4(6)5(7)8/h2-3,12,15,19,21H,4-8H2,1H3;3-4H,6H2,1-2H3,(H,7,8)/t12-,15+,16+,17-;/m1./s1. The number of likely N-dealkylation sites (tertiary alicyclic amines) is 1. The predicted molar refractivity (Wildman–Crippen MR) is 109 cm³/mol. The van der Waals surface area contributed by atoms with Crippen LogP contribution in [0.2, 0.25) is 0 Å². The summed E-state index contributed by atoms with van der Waals surface area (Å²) in [7, 11) is 2.04. The second-order valence-corrected chi connectivity index (χ2v) is 9.37. The zero-order valence-electron chi connectivity index (χ0n) is 17.6. The smallest absolute Gasteiger partial charge is 0.320 e. The number of carboxylic acid groups (broad SMARTS) is 1. The molecule has 1 saturated heterocycles.